The van der Waals surface area contributed by atoms with Gasteiger partial charge in [-0.15, -0.1) is 0 Å². The highest BCUT2D eigenvalue weighted by Crippen LogP contribution is 2.29. The van der Waals surface area contributed by atoms with Gasteiger partial charge >= 0.3 is 5.97 Å². The lowest BCUT2D eigenvalue weighted by Crippen LogP contribution is -2.40. The van der Waals surface area contributed by atoms with Gasteiger partial charge in [-0.2, -0.15) is 0 Å². The van der Waals surface area contributed by atoms with Crippen LogP contribution in [0.1, 0.15) is 50.7 Å². The van der Waals surface area contributed by atoms with Crippen molar-refractivity contribution in [3.8, 4) is 11.4 Å². The Balaban J connectivity index is 1.39. The van der Waals surface area contributed by atoms with Crippen LogP contribution in [-0.2, 0) is 32.1 Å². The Morgan fingerprint density at radius 3 is 2.69 bits per heavy atom. The van der Waals surface area contributed by atoms with Crippen molar-refractivity contribution < 1.29 is 19.0 Å². The van der Waals surface area contributed by atoms with Crippen LogP contribution >= 0.6 is 0 Å². The van der Waals surface area contributed by atoms with Crippen molar-refractivity contribution in [1.29, 1.82) is 0 Å². The molecular weight excluding hydrogens is 496 g/mol. The van der Waals surface area contributed by atoms with E-state index in [-0.39, 0.29) is 23.7 Å². The summed E-state index contributed by atoms with van der Waals surface area (Å²) < 4.78 is 18.9. The molecule has 2 atom stereocenters. The number of pyridine rings is 1. The largest absolute Gasteiger partial charge is 0.459 e. The molecule has 0 spiro atoms. The molecule has 9 nitrogen and oxygen atoms in total. The number of aromatic nitrogens is 3. The molecule has 0 amide bonds. The van der Waals surface area contributed by atoms with Gasteiger partial charge in [-0.25, -0.2) is 4.98 Å². The average molecular weight is 537 g/mol. The van der Waals surface area contributed by atoms with Crippen LogP contribution in [-0.4, -0.2) is 59.1 Å². The van der Waals surface area contributed by atoms with E-state index in [0.29, 0.717) is 43.6 Å². The number of aromatic amines is 1. The van der Waals surface area contributed by atoms with E-state index >= 15 is 0 Å². The van der Waals surface area contributed by atoms with Gasteiger partial charge in [-0.1, -0.05) is 19.9 Å². The van der Waals surface area contributed by atoms with Gasteiger partial charge in [0.2, 0.25) is 0 Å². The second kappa shape index (κ2) is 12.4. The van der Waals surface area contributed by atoms with E-state index in [1.807, 2.05) is 13.0 Å². The highest BCUT2D eigenvalue weighted by molar-refractivity contribution is 5.81. The van der Waals surface area contributed by atoms with Crippen LogP contribution < -0.4 is 10.9 Å². The molecule has 5 rings (SSSR count). The topological polar surface area (TPSA) is 107 Å². The van der Waals surface area contributed by atoms with Crippen molar-refractivity contribution in [2.24, 2.45) is 11.8 Å². The third kappa shape index (κ3) is 6.77. The van der Waals surface area contributed by atoms with Crippen LogP contribution in [0.2, 0.25) is 0 Å². The van der Waals surface area contributed by atoms with Gasteiger partial charge in [0.15, 0.2) is 0 Å². The number of benzene rings is 1. The number of nitrogens with zero attached hydrogens (tertiary/aromatic N) is 2. The molecule has 0 aliphatic carbocycles. The van der Waals surface area contributed by atoms with E-state index in [0.717, 1.165) is 67.0 Å². The molecule has 2 aliphatic rings. The van der Waals surface area contributed by atoms with Gasteiger partial charge in [0, 0.05) is 50.0 Å². The molecule has 2 fully saturated rings. The summed E-state index contributed by atoms with van der Waals surface area (Å²) in [6.45, 7) is 10.1. The Bertz CT molecular complexity index is 1330. The number of carbonyl (C=O) groups is 1. The first-order chi connectivity index (χ1) is 18.9. The van der Waals surface area contributed by atoms with E-state index in [9.17, 15) is 9.59 Å². The Morgan fingerprint density at radius 1 is 1.18 bits per heavy atom. The predicted molar refractivity (Wildman–Crippen MR) is 149 cm³/mol. The number of carbonyl (C=O) groups excluding carboxylic acids is 1. The lowest BCUT2D eigenvalue weighted by atomic mass is 10.00. The molecule has 0 bridgehead atoms. The number of fused-ring (bicyclic) bond motifs is 1. The summed E-state index contributed by atoms with van der Waals surface area (Å²) in [6, 6.07) is 7.83. The van der Waals surface area contributed by atoms with E-state index in [1.54, 1.807) is 6.20 Å². The fraction of sp³-hybridized carbons (Fsp3) is 0.567. The van der Waals surface area contributed by atoms with E-state index in [1.165, 1.54) is 0 Å². The average Bonchev–Trinajstić information content (AvgIpc) is 3.56. The van der Waals surface area contributed by atoms with Crippen molar-refractivity contribution >= 4 is 17.0 Å². The zero-order valence-corrected chi connectivity index (χ0v) is 23.2. The molecule has 2 N–H and O–H groups in total. The highest BCUT2D eigenvalue weighted by Gasteiger charge is 2.27. The minimum atomic E-state index is -0.382. The quantitative estimate of drug-likeness (QED) is 0.378. The van der Waals surface area contributed by atoms with Crippen LogP contribution in [0, 0.1) is 18.8 Å². The Labute approximate surface area is 229 Å². The summed E-state index contributed by atoms with van der Waals surface area (Å²) in [5.74, 6) is 1.49. The lowest BCUT2D eigenvalue weighted by Gasteiger charge is -2.23. The maximum atomic E-state index is 12.9. The second-order valence-electron chi connectivity index (χ2n) is 11.3. The Kier molecular flexibility index (Phi) is 8.79. The first kappa shape index (κ1) is 27.6. The van der Waals surface area contributed by atoms with Gasteiger partial charge < -0.3 is 29.1 Å². The van der Waals surface area contributed by atoms with Gasteiger partial charge in [-0.05, 0) is 61.8 Å². The molecule has 9 heteroatoms. The number of aryl methyl sites for hydroxylation is 1. The molecule has 3 aromatic rings. The number of hydrogen-bond acceptors (Lipinski definition) is 7. The monoisotopic (exact) mass is 536 g/mol. The smallest absolute Gasteiger partial charge is 0.323 e. The minimum absolute atomic E-state index is 0.0888. The minimum Gasteiger partial charge on any atom is -0.459 e. The van der Waals surface area contributed by atoms with Crippen LogP contribution in [0.15, 0.2) is 35.3 Å². The molecule has 1 unspecified atom stereocenters. The molecule has 2 aromatic heterocycles. The van der Waals surface area contributed by atoms with Crippen molar-refractivity contribution in [3.05, 3.63) is 51.9 Å². The molecule has 1 aromatic carbocycles. The third-order valence-corrected chi connectivity index (χ3v) is 7.66. The standard InChI is InChI=1S/C30H40N4O5/c1-19(2)12-26(30(36)39-24-8-11-38-18-24)31-15-22-4-5-27-25(14-22)33-28(23-13-20(3)29(35)32-16-23)34(27)17-21-6-9-37-10-7-21/h4-5,13-14,16,19,21,24,26,31H,6-12,15,17-18H2,1-3H3,(H,32,35)/t24-,26?/m0/s1. The Hall–Kier alpha value is -3.01. The number of ether oxygens (including phenoxy) is 3. The molecule has 210 valence electrons. The van der Waals surface area contributed by atoms with Crippen LogP contribution in [0.4, 0.5) is 0 Å². The van der Waals surface area contributed by atoms with E-state index < -0.39 is 0 Å². The van der Waals surface area contributed by atoms with Gasteiger partial charge in [-0.3, -0.25) is 9.59 Å². The van der Waals surface area contributed by atoms with Gasteiger partial charge in [0.05, 0.1) is 24.2 Å². The summed E-state index contributed by atoms with van der Waals surface area (Å²) in [4.78, 5) is 32.8. The zero-order chi connectivity index (χ0) is 27.4. The zero-order valence-electron chi connectivity index (χ0n) is 23.2. The maximum absolute atomic E-state index is 12.9. The van der Waals surface area contributed by atoms with Crippen molar-refractivity contribution in [1.82, 2.24) is 19.9 Å². The molecule has 39 heavy (non-hydrogen) atoms. The third-order valence-electron chi connectivity index (χ3n) is 7.66. The fourth-order valence-electron chi connectivity index (χ4n) is 5.43. The van der Waals surface area contributed by atoms with E-state index in [2.05, 4.69) is 46.9 Å². The summed E-state index contributed by atoms with van der Waals surface area (Å²) in [7, 11) is 0. The number of hydrogen-bond donors (Lipinski definition) is 2. The predicted octanol–water partition coefficient (Wildman–Crippen LogP) is 3.96. The van der Waals surface area contributed by atoms with Crippen molar-refractivity contribution in [2.75, 3.05) is 26.4 Å². The number of H-pyrrole nitrogens is 1. The molecule has 0 saturated carbocycles. The molecule has 0 radical (unpaired) electrons. The lowest BCUT2D eigenvalue weighted by molar-refractivity contribution is -0.152. The SMILES string of the molecule is Cc1cc(-c2nc3cc(CNC(CC(C)C)C(=O)O[C@H]4CCOC4)ccc3n2CC2CCOCC2)c[nH]c1=O. The maximum Gasteiger partial charge on any atom is 0.323 e. The molecule has 4 heterocycles. The van der Waals surface area contributed by atoms with Gasteiger partial charge in [0.25, 0.3) is 5.56 Å². The second-order valence-corrected chi connectivity index (χ2v) is 11.3. The first-order valence-corrected chi connectivity index (χ1v) is 14.2. The normalized spacial score (nSPS) is 19.1. The van der Waals surface area contributed by atoms with Crippen molar-refractivity contribution in [3.63, 3.8) is 0 Å². The summed E-state index contributed by atoms with van der Waals surface area (Å²) in [6.07, 6.45) is 5.09. The highest BCUT2D eigenvalue weighted by atomic mass is 16.6. The number of imidazole rings is 1. The Morgan fingerprint density at radius 2 is 1.97 bits per heavy atom. The number of nitrogens with one attached hydrogen (secondary N) is 2. The number of esters is 1. The molecular formula is C30H40N4O5. The fourth-order valence-corrected chi connectivity index (χ4v) is 5.43. The summed E-state index contributed by atoms with van der Waals surface area (Å²) >= 11 is 0. The van der Waals surface area contributed by atoms with Crippen LogP contribution in [0.5, 0.6) is 0 Å². The van der Waals surface area contributed by atoms with Crippen LogP contribution in [0.3, 0.4) is 0 Å². The number of rotatable bonds is 10. The van der Waals surface area contributed by atoms with Crippen molar-refractivity contribution in [2.45, 2.75) is 71.7 Å². The molecule has 2 aliphatic heterocycles. The summed E-state index contributed by atoms with van der Waals surface area (Å²) in [5.41, 5.74) is 4.47. The molecule has 2 saturated heterocycles. The van der Waals surface area contributed by atoms with Gasteiger partial charge in [0.1, 0.15) is 18.0 Å². The van der Waals surface area contributed by atoms with Crippen LogP contribution in [0.25, 0.3) is 22.4 Å². The first-order valence-electron chi connectivity index (χ1n) is 14.2. The summed E-state index contributed by atoms with van der Waals surface area (Å²) in [5, 5.41) is 3.43. The van der Waals surface area contributed by atoms with E-state index in [4.69, 9.17) is 19.2 Å².